The Morgan fingerprint density at radius 3 is 2.57 bits per heavy atom. The van der Waals surface area contributed by atoms with Gasteiger partial charge in [-0.05, 0) is 51.4 Å². The van der Waals surface area contributed by atoms with Crippen LogP contribution in [-0.2, 0) is 0 Å². The minimum Gasteiger partial charge on any atom is -0.316 e. The van der Waals surface area contributed by atoms with Crippen molar-refractivity contribution in [3.8, 4) is 0 Å². The molecule has 0 bridgehead atoms. The van der Waals surface area contributed by atoms with Crippen LogP contribution < -0.4 is 5.32 Å². The predicted molar refractivity (Wildman–Crippen MR) is 62.6 cm³/mol. The zero-order chi connectivity index (χ0) is 10.6. The molecule has 1 heterocycles. The SMILES string of the molecule is CN1CCCC1CCNCC(C)(C)C. The number of nitrogens with zero attached hydrogens (tertiary/aromatic N) is 1. The van der Waals surface area contributed by atoms with Crippen LogP contribution in [0.2, 0.25) is 0 Å². The van der Waals surface area contributed by atoms with Gasteiger partial charge in [0, 0.05) is 6.04 Å². The lowest BCUT2D eigenvalue weighted by Crippen LogP contribution is -2.32. The van der Waals surface area contributed by atoms with E-state index >= 15 is 0 Å². The van der Waals surface area contributed by atoms with Crippen LogP contribution in [0.5, 0.6) is 0 Å². The van der Waals surface area contributed by atoms with Gasteiger partial charge in [0.1, 0.15) is 0 Å². The molecule has 0 radical (unpaired) electrons. The van der Waals surface area contributed by atoms with Gasteiger partial charge in [-0.2, -0.15) is 0 Å². The molecule has 2 nitrogen and oxygen atoms in total. The number of rotatable bonds is 4. The van der Waals surface area contributed by atoms with Gasteiger partial charge in [0.15, 0.2) is 0 Å². The third-order valence-electron chi connectivity index (χ3n) is 2.98. The molecule has 14 heavy (non-hydrogen) atoms. The fraction of sp³-hybridized carbons (Fsp3) is 1.00. The van der Waals surface area contributed by atoms with Crippen molar-refractivity contribution in [1.82, 2.24) is 10.2 Å². The molecule has 1 rings (SSSR count). The van der Waals surface area contributed by atoms with E-state index in [1.54, 1.807) is 0 Å². The topological polar surface area (TPSA) is 15.3 Å². The largest absolute Gasteiger partial charge is 0.316 e. The highest BCUT2D eigenvalue weighted by Gasteiger charge is 2.20. The van der Waals surface area contributed by atoms with Gasteiger partial charge < -0.3 is 10.2 Å². The summed E-state index contributed by atoms with van der Waals surface area (Å²) in [6.45, 7) is 10.4. The first-order chi connectivity index (χ1) is 6.49. The Morgan fingerprint density at radius 2 is 2.07 bits per heavy atom. The second-order valence-corrected chi connectivity index (χ2v) is 5.80. The second kappa shape index (κ2) is 5.13. The molecule has 1 aliphatic heterocycles. The Bertz CT molecular complexity index is 160. The quantitative estimate of drug-likeness (QED) is 0.696. The summed E-state index contributed by atoms with van der Waals surface area (Å²) in [4.78, 5) is 2.50. The number of hydrogen-bond donors (Lipinski definition) is 1. The van der Waals surface area contributed by atoms with Gasteiger partial charge in [0.05, 0.1) is 0 Å². The van der Waals surface area contributed by atoms with E-state index in [4.69, 9.17) is 0 Å². The second-order valence-electron chi connectivity index (χ2n) is 5.80. The molecule has 2 heteroatoms. The van der Waals surface area contributed by atoms with Crippen molar-refractivity contribution in [2.75, 3.05) is 26.7 Å². The minimum absolute atomic E-state index is 0.418. The van der Waals surface area contributed by atoms with Crippen LogP contribution in [0.3, 0.4) is 0 Å². The van der Waals surface area contributed by atoms with Gasteiger partial charge in [-0.15, -0.1) is 0 Å². The third kappa shape index (κ3) is 4.43. The fourth-order valence-corrected chi connectivity index (χ4v) is 2.08. The summed E-state index contributed by atoms with van der Waals surface area (Å²) < 4.78 is 0. The molecule has 1 aliphatic rings. The first-order valence-electron chi connectivity index (χ1n) is 5.90. The van der Waals surface area contributed by atoms with Crippen LogP contribution in [0.4, 0.5) is 0 Å². The van der Waals surface area contributed by atoms with Crippen molar-refractivity contribution >= 4 is 0 Å². The molecule has 0 aliphatic carbocycles. The molecule has 0 aromatic carbocycles. The highest BCUT2D eigenvalue weighted by molar-refractivity contribution is 4.77. The lowest BCUT2D eigenvalue weighted by Gasteiger charge is -2.22. The van der Waals surface area contributed by atoms with Gasteiger partial charge in [-0.25, -0.2) is 0 Å². The molecule has 0 spiro atoms. The van der Waals surface area contributed by atoms with Crippen LogP contribution in [0.1, 0.15) is 40.0 Å². The summed E-state index contributed by atoms with van der Waals surface area (Å²) in [7, 11) is 2.25. The Morgan fingerprint density at radius 1 is 1.36 bits per heavy atom. The van der Waals surface area contributed by atoms with Crippen LogP contribution in [0.25, 0.3) is 0 Å². The van der Waals surface area contributed by atoms with E-state index in [0.717, 1.165) is 12.6 Å². The molecule has 1 saturated heterocycles. The molecule has 1 fully saturated rings. The van der Waals surface area contributed by atoms with Crippen molar-refractivity contribution < 1.29 is 0 Å². The van der Waals surface area contributed by atoms with E-state index in [-0.39, 0.29) is 0 Å². The maximum atomic E-state index is 3.55. The average molecular weight is 198 g/mol. The van der Waals surface area contributed by atoms with Crippen LogP contribution in [-0.4, -0.2) is 37.6 Å². The number of nitrogens with one attached hydrogen (secondary N) is 1. The maximum Gasteiger partial charge on any atom is 0.0105 e. The average Bonchev–Trinajstić information content (AvgIpc) is 2.44. The maximum absolute atomic E-state index is 3.55. The summed E-state index contributed by atoms with van der Waals surface area (Å²) in [5.74, 6) is 0. The lowest BCUT2D eigenvalue weighted by molar-refractivity contribution is 0.287. The molecule has 1 atom stereocenters. The van der Waals surface area contributed by atoms with E-state index in [1.165, 1.54) is 32.4 Å². The monoisotopic (exact) mass is 198 g/mol. The predicted octanol–water partition coefficient (Wildman–Crippen LogP) is 2.11. The Balaban J connectivity index is 2.04. The van der Waals surface area contributed by atoms with Crippen molar-refractivity contribution in [3.05, 3.63) is 0 Å². The molecule has 84 valence electrons. The van der Waals surface area contributed by atoms with E-state index in [0.29, 0.717) is 5.41 Å². The van der Waals surface area contributed by atoms with E-state index in [9.17, 15) is 0 Å². The first-order valence-corrected chi connectivity index (χ1v) is 5.90. The third-order valence-corrected chi connectivity index (χ3v) is 2.98. The van der Waals surface area contributed by atoms with Crippen molar-refractivity contribution in [2.24, 2.45) is 5.41 Å². The van der Waals surface area contributed by atoms with Crippen molar-refractivity contribution in [3.63, 3.8) is 0 Å². The standard InChI is InChI=1S/C12H26N2/c1-12(2,3)10-13-8-7-11-6-5-9-14(11)4/h11,13H,5-10H2,1-4H3. The first kappa shape index (κ1) is 12.0. The molecule has 1 unspecified atom stereocenters. The number of hydrogen-bond acceptors (Lipinski definition) is 2. The van der Waals surface area contributed by atoms with Crippen molar-refractivity contribution in [1.29, 1.82) is 0 Å². The molecular weight excluding hydrogens is 172 g/mol. The normalized spacial score (nSPS) is 24.4. The highest BCUT2D eigenvalue weighted by atomic mass is 15.1. The zero-order valence-corrected chi connectivity index (χ0v) is 10.3. The molecular formula is C12H26N2. The van der Waals surface area contributed by atoms with E-state index in [1.807, 2.05) is 0 Å². The molecule has 0 aromatic rings. The summed E-state index contributed by atoms with van der Waals surface area (Å²) in [5.41, 5.74) is 0.418. The highest BCUT2D eigenvalue weighted by Crippen LogP contribution is 2.17. The van der Waals surface area contributed by atoms with Crippen molar-refractivity contribution in [2.45, 2.75) is 46.1 Å². The van der Waals surface area contributed by atoms with E-state index < -0.39 is 0 Å². The van der Waals surface area contributed by atoms with Gasteiger partial charge in [0.2, 0.25) is 0 Å². The molecule has 0 aromatic heterocycles. The molecule has 0 amide bonds. The van der Waals surface area contributed by atoms with Gasteiger partial charge in [0.25, 0.3) is 0 Å². The smallest absolute Gasteiger partial charge is 0.0105 e. The van der Waals surface area contributed by atoms with Crippen LogP contribution in [0.15, 0.2) is 0 Å². The summed E-state index contributed by atoms with van der Waals surface area (Å²) in [6, 6.07) is 0.836. The van der Waals surface area contributed by atoms with Crippen LogP contribution in [0, 0.1) is 5.41 Å². The summed E-state index contributed by atoms with van der Waals surface area (Å²) in [5, 5.41) is 3.55. The molecule has 1 N–H and O–H groups in total. The lowest BCUT2D eigenvalue weighted by atomic mass is 9.97. The Kier molecular flexibility index (Phi) is 4.39. The fourth-order valence-electron chi connectivity index (χ4n) is 2.08. The minimum atomic E-state index is 0.418. The van der Waals surface area contributed by atoms with Gasteiger partial charge in [-0.1, -0.05) is 20.8 Å². The number of likely N-dealkylation sites (tertiary alicyclic amines) is 1. The Hall–Kier alpha value is -0.0800. The van der Waals surface area contributed by atoms with E-state index in [2.05, 4.69) is 38.0 Å². The van der Waals surface area contributed by atoms with Gasteiger partial charge in [-0.3, -0.25) is 0 Å². The summed E-state index contributed by atoms with van der Waals surface area (Å²) >= 11 is 0. The van der Waals surface area contributed by atoms with Crippen LogP contribution >= 0.6 is 0 Å². The van der Waals surface area contributed by atoms with Gasteiger partial charge >= 0.3 is 0 Å². The molecule has 0 saturated carbocycles. The summed E-state index contributed by atoms with van der Waals surface area (Å²) in [6.07, 6.45) is 4.10. The zero-order valence-electron chi connectivity index (χ0n) is 10.3. The Labute approximate surface area is 89.1 Å².